The highest BCUT2D eigenvalue weighted by Crippen LogP contribution is 2.17. The van der Waals surface area contributed by atoms with Crippen LogP contribution in [0.2, 0.25) is 0 Å². The van der Waals surface area contributed by atoms with Crippen LogP contribution in [0.15, 0.2) is 48.8 Å². The Hall–Kier alpha value is -3.22. The molecule has 0 spiro atoms. The average Bonchev–Trinajstić information content (AvgIpc) is 3.10. The van der Waals surface area contributed by atoms with Gasteiger partial charge >= 0.3 is 0 Å². The molecule has 0 unspecified atom stereocenters. The highest BCUT2D eigenvalue weighted by atomic mass is 16.2. The number of carbonyl (C=O) groups excluding carboxylic acids is 2. The third-order valence-corrected chi connectivity index (χ3v) is 5.13. The van der Waals surface area contributed by atoms with Gasteiger partial charge in [0.25, 0.3) is 5.91 Å². The Labute approximate surface area is 189 Å². The number of aromatic nitrogens is 3. The van der Waals surface area contributed by atoms with Crippen LogP contribution in [0.1, 0.15) is 43.9 Å². The highest BCUT2D eigenvalue weighted by molar-refractivity contribution is 5.93. The molecule has 0 aliphatic carbocycles. The van der Waals surface area contributed by atoms with Gasteiger partial charge in [0.2, 0.25) is 5.91 Å². The Morgan fingerprint density at radius 3 is 2.31 bits per heavy atom. The van der Waals surface area contributed by atoms with E-state index in [1.807, 2.05) is 33.7 Å². The van der Waals surface area contributed by atoms with E-state index in [4.69, 9.17) is 4.98 Å². The molecule has 3 aromatic rings. The van der Waals surface area contributed by atoms with Gasteiger partial charge in [-0.2, -0.15) is 0 Å². The van der Waals surface area contributed by atoms with Crippen LogP contribution in [0, 0.1) is 11.8 Å². The van der Waals surface area contributed by atoms with Gasteiger partial charge in [-0.25, -0.2) is 4.98 Å². The van der Waals surface area contributed by atoms with Gasteiger partial charge in [-0.1, -0.05) is 39.8 Å². The lowest BCUT2D eigenvalue weighted by atomic mass is 10.1. The molecule has 0 aliphatic rings. The van der Waals surface area contributed by atoms with Gasteiger partial charge in [0.15, 0.2) is 0 Å². The maximum absolute atomic E-state index is 13.2. The fourth-order valence-electron chi connectivity index (χ4n) is 3.78. The molecule has 0 aliphatic heterocycles. The first-order valence-electron chi connectivity index (χ1n) is 11.2. The van der Waals surface area contributed by atoms with Crippen molar-refractivity contribution >= 4 is 22.8 Å². The van der Waals surface area contributed by atoms with Crippen LogP contribution in [0.4, 0.5) is 0 Å². The summed E-state index contributed by atoms with van der Waals surface area (Å²) in [5.41, 5.74) is 2.36. The molecule has 7 nitrogen and oxygen atoms in total. The van der Waals surface area contributed by atoms with E-state index >= 15 is 0 Å². The van der Waals surface area contributed by atoms with E-state index in [0.29, 0.717) is 30.4 Å². The quantitative estimate of drug-likeness (QED) is 0.528. The lowest BCUT2D eigenvalue weighted by Gasteiger charge is -2.27. The molecule has 7 heteroatoms. The maximum atomic E-state index is 13.2. The number of nitrogens with zero attached hydrogens (tertiary/aromatic N) is 4. The average molecular weight is 436 g/mol. The van der Waals surface area contributed by atoms with Crippen molar-refractivity contribution < 1.29 is 9.59 Å². The van der Waals surface area contributed by atoms with Crippen LogP contribution in [0.5, 0.6) is 0 Å². The number of fused-ring (bicyclic) bond motifs is 1. The lowest BCUT2D eigenvalue weighted by molar-refractivity contribution is -0.132. The van der Waals surface area contributed by atoms with Crippen molar-refractivity contribution in [2.45, 2.75) is 40.7 Å². The van der Waals surface area contributed by atoms with Crippen LogP contribution in [0.25, 0.3) is 11.0 Å². The molecule has 32 heavy (non-hydrogen) atoms. The number of pyridine rings is 1. The number of benzene rings is 1. The lowest BCUT2D eigenvalue weighted by Crippen LogP contribution is -2.39. The predicted molar refractivity (Wildman–Crippen MR) is 126 cm³/mol. The summed E-state index contributed by atoms with van der Waals surface area (Å²) in [5, 5.41) is 2.93. The summed E-state index contributed by atoms with van der Waals surface area (Å²) in [6.07, 6.45) is 3.73. The summed E-state index contributed by atoms with van der Waals surface area (Å²) in [6, 6.07) is 11.2. The number of hydrogen-bond donors (Lipinski definition) is 1. The van der Waals surface area contributed by atoms with Crippen molar-refractivity contribution in [2.24, 2.45) is 11.8 Å². The second-order valence-electron chi connectivity index (χ2n) is 8.93. The molecule has 0 bridgehead atoms. The zero-order chi connectivity index (χ0) is 23.1. The SMILES string of the molecule is CC(C)CN(CC(C)C)C(=O)Cn1c(CCNC(=O)c2ccncc2)nc2ccccc21. The molecule has 0 fully saturated rings. The summed E-state index contributed by atoms with van der Waals surface area (Å²) in [6.45, 7) is 10.7. The highest BCUT2D eigenvalue weighted by Gasteiger charge is 2.20. The molecule has 2 heterocycles. The molecule has 2 aromatic heterocycles. The van der Waals surface area contributed by atoms with Crippen molar-refractivity contribution in [3.63, 3.8) is 0 Å². The second kappa shape index (κ2) is 10.9. The topological polar surface area (TPSA) is 80.1 Å². The number of amides is 2. The minimum atomic E-state index is -0.147. The van der Waals surface area contributed by atoms with E-state index < -0.39 is 0 Å². The minimum absolute atomic E-state index is 0.0950. The molecule has 1 N–H and O–H groups in total. The van der Waals surface area contributed by atoms with Crippen LogP contribution in [0.3, 0.4) is 0 Å². The van der Waals surface area contributed by atoms with E-state index in [-0.39, 0.29) is 18.4 Å². The standard InChI is InChI=1S/C25H33N5O2/c1-18(2)15-29(16-19(3)4)24(31)17-30-22-8-6-5-7-21(22)28-23(30)11-14-27-25(32)20-9-12-26-13-10-20/h5-10,12-13,18-19H,11,14-17H2,1-4H3,(H,27,32). The van der Waals surface area contributed by atoms with Gasteiger partial charge in [0.1, 0.15) is 12.4 Å². The van der Waals surface area contributed by atoms with Crippen molar-refractivity contribution in [1.82, 2.24) is 24.8 Å². The largest absolute Gasteiger partial charge is 0.352 e. The smallest absolute Gasteiger partial charge is 0.251 e. The second-order valence-corrected chi connectivity index (χ2v) is 8.93. The van der Waals surface area contributed by atoms with Gasteiger partial charge in [-0.05, 0) is 36.1 Å². The first-order valence-corrected chi connectivity index (χ1v) is 11.2. The number of carbonyl (C=O) groups is 2. The summed E-state index contributed by atoms with van der Waals surface area (Å²) >= 11 is 0. The van der Waals surface area contributed by atoms with Crippen LogP contribution >= 0.6 is 0 Å². The van der Waals surface area contributed by atoms with Gasteiger partial charge in [-0.3, -0.25) is 14.6 Å². The van der Waals surface area contributed by atoms with Gasteiger partial charge in [0.05, 0.1) is 11.0 Å². The van der Waals surface area contributed by atoms with E-state index in [2.05, 4.69) is 38.0 Å². The number of para-hydroxylation sites is 2. The Bertz CT molecular complexity index is 1030. The van der Waals surface area contributed by atoms with Crippen LogP contribution in [-0.2, 0) is 17.8 Å². The number of nitrogens with one attached hydrogen (secondary N) is 1. The Kier molecular flexibility index (Phi) is 7.98. The number of hydrogen-bond acceptors (Lipinski definition) is 4. The molecule has 0 radical (unpaired) electrons. The number of imidazole rings is 1. The van der Waals surface area contributed by atoms with E-state index in [1.54, 1.807) is 24.5 Å². The summed E-state index contributed by atoms with van der Waals surface area (Å²) in [4.78, 5) is 36.2. The normalized spacial score (nSPS) is 11.3. The van der Waals surface area contributed by atoms with Gasteiger partial charge in [-0.15, -0.1) is 0 Å². The third kappa shape index (κ3) is 6.15. The fourth-order valence-corrected chi connectivity index (χ4v) is 3.78. The first-order chi connectivity index (χ1) is 15.3. The molecule has 1 aromatic carbocycles. The summed E-state index contributed by atoms with van der Waals surface area (Å²) in [7, 11) is 0. The van der Waals surface area contributed by atoms with Gasteiger partial charge < -0.3 is 14.8 Å². The zero-order valence-electron chi connectivity index (χ0n) is 19.4. The van der Waals surface area contributed by atoms with Gasteiger partial charge in [0, 0.05) is 44.0 Å². The van der Waals surface area contributed by atoms with Crippen molar-refractivity contribution in [1.29, 1.82) is 0 Å². The molecule has 0 saturated carbocycles. The Balaban J connectivity index is 1.76. The molecule has 170 valence electrons. The summed E-state index contributed by atoms with van der Waals surface area (Å²) < 4.78 is 1.99. The minimum Gasteiger partial charge on any atom is -0.352 e. The van der Waals surface area contributed by atoms with Crippen molar-refractivity contribution in [3.8, 4) is 0 Å². The van der Waals surface area contributed by atoms with E-state index in [1.165, 1.54) is 0 Å². The van der Waals surface area contributed by atoms with Crippen LogP contribution in [-0.4, -0.2) is 50.9 Å². The van der Waals surface area contributed by atoms with E-state index in [0.717, 1.165) is 29.9 Å². The monoisotopic (exact) mass is 435 g/mol. The maximum Gasteiger partial charge on any atom is 0.251 e. The zero-order valence-corrected chi connectivity index (χ0v) is 19.4. The molecule has 0 saturated heterocycles. The number of rotatable bonds is 10. The Morgan fingerprint density at radius 2 is 1.66 bits per heavy atom. The molecular formula is C25H33N5O2. The van der Waals surface area contributed by atoms with E-state index in [9.17, 15) is 9.59 Å². The molecule has 0 atom stereocenters. The molecule has 3 rings (SSSR count). The predicted octanol–water partition coefficient (Wildman–Crippen LogP) is 3.54. The van der Waals surface area contributed by atoms with Crippen molar-refractivity contribution in [2.75, 3.05) is 19.6 Å². The first kappa shape index (κ1) is 23.4. The van der Waals surface area contributed by atoms with Crippen molar-refractivity contribution in [3.05, 3.63) is 60.2 Å². The molecule has 2 amide bonds. The third-order valence-electron chi connectivity index (χ3n) is 5.13. The van der Waals surface area contributed by atoms with Crippen LogP contribution < -0.4 is 5.32 Å². The molecular weight excluding hydrogens is 402 g/mol. The Morgan fingerprint density at radius 1 is 1.00 bits per heavy atom. The summed E-state index contributed by atoms with van der Waals surface area (Å²) in [5.74, 6) is 1.55. The fraction of sp³-hybridized carbons (Fsp3) is 0.440.